The predicted molar refractivity (Wildman–Crippen MR) is 93.5 cm³/mol. The average Bonchev–Trinajstić information content (AvgIpc) is 2.57. The smallest absolute Gasteiger partial charge is 0.0898 e. The van der Waals surface area contributed by atoms with Crippen LogP contribution in [0, 0.1) is 5.92 Å². The van der Waals surface area contributed by atoms with Gasteiger partial charge in [0, 0.05) is 5.92 Å². The van der Waals surface area contributed by atoms with E-state index in [0.717, 1.165) is 37.0 Å². The summed E-state index contributed by atoms with van der Waals surface area (Å²) in [5, 5.41) is 13.1. The minimum Gasteiger partial charge on any atom is -0.411 e. The standard InChI is InChI=1S/C20H25NO/c1-3-8-18(9-4-2)20(21-22)19-14-12-17(13-15-19)16-10-6-5-7-11-16/h5-7,10-15,18,22H,3-4,8-9H2,1-2H3. The normalized spacial score (nSPS) is 11.9. The molecule has 2 aromatic rings. The molecule has 0 aliphatic carbocycles. The molecule has 0 bridgehead atoms. The van der Waals surface area contributed by atoms with E-state index in [1.54, 1.807) is 0 Å². The van der Waals surface area contributed by atoms with E-state index >= 15 is 0 Å². The highest BCUT2D eigenvalue weighted by molar-refractivity contribution is 6.02. The number of nitrogens with zero attached hydrogens (tertiary/aromatic N) is 1. The van der Waals surface area contributed by atoms with Crippen molar-refractivity contribution in [3.8, 4) is 11.1 Å². The average molecular weight is 295 g/mol. The van der Waals surface area contributed by atoms with Crippen molar-refractivity contribution < 1.29 is 5.21 Å². The molecule has 1 N–H and O–H groups in total. The molecule has 0 aliphatic rings. The van der Waals surface area contributed by atoms with Crippen molar-refractivity contribution in [2.75, 3.05) is 0 Å². The van der Waals surface area contributed by atoms with Crippen molar-refractivity contribution >= 4 is 5.71 Å². The Labute approximate surface area is 133 Å². The summed E-state index contributed by atoms with van der Waals surface area (Å²) in [6.07, 6.45) is 4.33. The molecule has 0 unspecified atom stereocenters. The first-order valence-electron chi connectivity index (χ1n) is 8.18. The summed E-state index contributed by atoms with van der Waals surface area (Å²) in [7, 11) is 0. The van der Waals surface area contributed by atoms with Crippen LogP contribution in [0.3, 0.4) is 0 Å². The van der Waals surface area contributed by atoms with E-state index in [0.29, 0.717) is 5.92 Å². The van der Waals surface area contributed by atoms with Gasteiger partial charge in [-0.15, -0.1) is 0 Å². The van der Waals surface area contributed by atoms with E-state index in [2.05, 4.69) is 55.4 Å². The van der Waals surface area contributed by atoms with E-state index < -0.39 is 0 Å². The molecule has 0 radical (unpaired) electrons. The lowest BCUT2D eigenvalue weighted by Gasteiger charge is -2.17. The van der Waals surface area contributed by atoms with E-state index in [1.165, 1.54) is 11.1 Å². The van der Waals surface area contributed by atoms with Crippen molar-refractivity contribution in [1.82, 2.24) is 0 Å². The third-order valence-electron chi connectivity index (χ3n) is 4.06. The van der Waals surface area contributed by atoms with Gasteiger partial charge in [0.15, 0.2) is 0 Å². The number of benzene rings is 2. The summed E-state index contributed by atoms with van der Waals surface area (Å²) in [4.78, 5) is 0. The van der Waals surface area contributed by atoms with Gasteiger partial charge >= 0.3 is 0 Å². The lowest BCUT2D eigenvalue weighted by molar-refractivity contribution is 0.313. The van der Waals surface area contributed by atoms with E-state index in [-0.39, 0.29) is 0 Å². The molecule has 0 aromatic heterocycles. The van der Waals surface area contributed by atoms with Gasteiger partial charge in [0.2, 0.25) is 0 Å². The molecule has 0 saturated heterocycles. The molecular weight excluding hydrogens is 270 g/mol. The van der Waals surface area contributed by atoms with Gasteiger partial charge in [0.1, 0.15) is 0 Å². The van der Waals surface area contributed by atoms with Gasteiger partial charge in [-0.25, -0.2) is 0 Å². The highest BCUT2D eigenvalue weighted by Gasteiger charge is 2.17. The van der Waals surface area contributed by atoms with E-state index in [4.69, 9.17) is 0 Å². The third kappa shape index (κ3) is 3.97. The molecule has 2 rings (SSSR count). The Bertz CT molecular complexity index is 581. The highest BCUT2D eigenvalue weighted by atomic mass is 16.4. The largest absolute Gasteiger partial charge is 0.411 e. The van der Waals surface area contributed by atoms with Crippen LogP contribution < -0.4 is 0 Å². The van der Waals surface area contributed by atoms with Crippen molar-refractivity contribution in [3.63, 3.8) is 0 Å². The lowest BCUT2D eigenvalue weighted by atomic mass is 9.88. The molecule has 2 heteroatoms. The van der Waals surface area contributed by atoms with Gasteiger partial charge in [-0.3, -0.25) is 0 Å². The summed E-state index contributed by atoms with van der Waals surface area (Å²) in [5.41, 5.74) is 4.23. The van der Waals surface area contributed by atoms with Crippen molar-refractivity contribution in [2.45, 2.75) is 39.5 Å². The van der Waals surface area contributed by atoms with Gasteiger partial charge in [-0.05, 0) is 29.5 Å². The molecule has 0 fully saturated rings. The van der Waals surface area contributed by atoms with Crippen LogP contribution in [0.4, 0.5) is 0 Å². The predicted octanol–water partition coefficient (Wildman–Crippen LogP) is 5.75. The number of rotatable bonds is 7. The molecule has 0 spiro atoms. The molecule has 2 aromatic carbocycles. The Morgan fingerprint density at radius 2 is 1.41 bits per heavy atom. The first-order valence-corrected chi connectivity index (χ1v) is 8.18. The first kappa shape index (κ1) is 16.3. The Morgan fingerprint density at radius 1 is 0.864 bits per heavy atom. The topological polar surface area (TPSA) is 32.6 Å². The molecule has 2 nitrogen and oxygen atoms in total. The van der Waals surface area contributed by atoms with Crippen LogP contribution in [0.15, 0.2) is 59.8 Å². The number of hydrogen-bond donors (Lipinski definition) is 1. The van der Waals surface area contributed by atoms with Crippen LogP contribution in [0.1, 0.15) is 45.1 Å². The molecule has 0 atom stereocenters. The minimum atomic E-state index is 0.336. The van der Waals surface area contributed by atoms with E-state index in [1.807, 2.05) is 18.2 Å². The summed E-state index contributed by atoms with van der Waals surface area (Å²) < 4.78 is 0. The summed E-state index contributed by atoms with van der Waals surface area (Å²) in [5.74, 6) is 0.336. The summed E-state index contributed by atoms with van der Waals surface area (Å²) in [6.45, 7) is 4.35. The first-order chi connectivity index (χ1) is 10.8. The number of hydrogen-bond acceptors (Lipinski definition) is 2. The Morgan fingerprint density at radius 3 is 1.91 bits per heavy atom. The summed E-state index contributed by atoms with van der Waals surface area (Å²) in [6, 6.07) is 18.7. The van der Waals surface area contributed by atoms with Crippen LogP contribution in [-0.4, -0.2) is 10.9 Å². The number of oxime groups is 1. The molecule has 116 valence electrons. The maximum Gasteiger partial charge on any atom is 0.0898 e. The van der Waals surface area contributed by atoms with Crippen molar-refractivity contribution in [3.05, 3.63) is 60.2 Å². The third-order valence-corrected chi connectivity index (χ3v) is 4.06. The van der Waals surface area contributed by atoms with Crippen molar-refractivity contribution in [1.29, 1.82) is 0 Å². The van der Waals surface area contributed by atoms with Crippen LogP contribution in [-0.2, 0) is 0 Å². The van der Waals surface area contributed by atoms with Gasteiger partial charge in [-0.1, -0.05) is 86.4 Å². The van der Waals surface area contributed by atoms with Crippen LogP contribution in [0.2, 0.25) is 0 Å². The van der Waals surface area contributed by atoms with Crippen LogP contribution in [0.25, 0.3) is 11.1 Å². The fourth-order valence-electron chi connectivity index (χ4n) is 2.95. The molecular formula is C20H25NO. The minimum absolute atomic E-state index is 0.336. The lowest BCUT2D eigenvalue weighted by Crippen LogP contribution is -2.16. The van der Waals surface area contributed by atoms with Gasteiger partial charge in [0.05, 0.1) is 5.71 Å². The van der Waals surface area contributed by atoms with Gasteiger partial charge in [-0.2, -0.15) is 0 Å². The second-order valence-electron chi connectivity index (χ2n) is 5.70. The van der Waals surface area contributed by atoms with E-state index in [9.17, 15) is 5.21 Å². The highest BCUT2D eigenvalue weighted by Crippen LogP contribution is 2.24. The maximum absolute atomic E-state index is 9.48. The molecule has 0 heterocycles. The fraction of sp³-hybridized carbons (Fsp3) is 0.350. The zero-order valence-corrected chi connectivity index (χ0v) is 13.5. The Balaban J connectivity index is 2.24. The van der Waals surface area contributed by atoms with Gasteiger partial charge in [0.25, 0.3) is 0 Å². The second-order valence-corrected chi connectivity index (χ2v) is 5.70. The molecule has 0 aliphatic heterocycles. The quantitative estimate of drug-likeness (QED) is 0.394. The van der Waals surface area contributed by atoms with Crippen LogP contribution >= 0.6 is 0 Å². The second kappa shape index (κ2) is 8.38. The maximum atomic E-state index is 9.48. The van der Waals surface area contributed by atoms with Crippen molar-refractivity contribution in [2.24, 2.45) is 11.1 Å². The summed E-state index contributed by atoms with van der Waals surface area (Å²) >= 11 is 0. The zero-order chi connectivity index (χ0) is 15.8. The SMILES string of the molecule is CCCC(CCC)C(=NO)c1ccc(-c2ccccc2)cc1. The van der Waals surface area contributed by atoms with Crippen LogP contribution in [0.5, 0.6) is 0 Å². The van der Waals surface area contributed by atoms with Gasteiger partial charge < -0.3 is 5.21 Å². The monoisotopic (exact) mass is 295 g/mol. The molecule has 22 heavy (non-hydrogen) atoms. The molecule has 0 amide bonds. The molecule has 0 saturated carbocycles. The Kier molecular flexibility index (Phi) is 6.20. The Hall–Kier alpha value is -2.09. The zero-order valence-electron chi connectivity index (χ0n) is 13.5. The fourth-order valence-corrected chi connectivity index (χ4v) is 2.95.